The van der Waals surface area contributed by atoms with Crippen LogP contribution in [0.3, 0.4) is 0 Å². The second-order valence-corrected chi connectivity index (χ2v) is 4.08. The van der Waals surface area contributed by atoms with Crippen LogP contribution in [0.15, 0.2) is 26.8 Å². The van der Waals surface area contributed by atoms with E-state index < -0.39 is 0 Å². The maximum Gasteiger partial charge on any atom is 0.109 e. The Balaban J connectivity index is 5.15. The summed E-state index contributed by atoms with van der Waals surface area (Å²) in [6.07, 6.45) is 4.02. The molecule has 0 bridgehead atoms. The van der Waals surface area contributed by atoms with Crippen LogP contribution in [0.4, 0.5) is 0 Å². The molecule has 3 heteroatoms. The number of rotatable bonds is 6. The standard InChI is InChI=1S/C14H25N3/c1-7-10-15-13(6)14(11(4)8-2)17-16-12(5)9-3/h8H,7,9-10H2,1-6H3/b11-8+,15-13?,16-12-,17-14+. The highest BCUT2D eigenvalue weighted by Gasteiger charge is 2.05. The van der Waals surface area contributed by atoms with Gasteiger partial charge in [0.1, 0.15) is 5.71 Å². The molecule has 0 N–H and O–H groups in total. The van der Waals surface area contributed by atoms with Gasteiger partial charge in [0.05, 0.1) is 5.71 Å². The van der Waals surface area contributed by atoms with Crippen molar-refractivity contribution in [3.63, 3.8) is 0 Å². The summed E-state index contributed by atoms with van der Waals surface area (Å²) in [4.78, 5) is 4.49. The van der Waals surface area contributed by atoms with Crippen LogP contribution in [-0.2, 0) is 0 Å². The molecule has 0 unspecified atom stereocenters. The molecule has 0 saturated carbocycles. The van der Waals surface area contributed by atoms with Crippen molar-refractivity contribution in [3.8, 4) is 0 Å². The zero-order valence-electron chi connectivity index (χ0n) is 12.0. The van der Waals surface area contributed by atoms with Crippen LogP contribution in [0, 0.1) is 0 Å². The topological polar surface area (TPSA) is 37.1 Å². The number of aliphatic imine (C=N–C) groups is 1. The van der Waals surface area contributed by atoms with Crippen LogP contribution < -0.4 is 0 Å². The van der Waals surface area contributed by atoms with E-state index in [-0.39, 0.29) is 0 Å². The summed E-state index contributed by atoms with van der Waals surface area (Å²) < 4.78 is 0. The fourth-order valence-electron chi connectivity index (χ4n) is 1.13. The lowest BCUT2D eigenvalue weighted by Crippen LogP contribution is -2.12. The van der Waals surface area contributed by atoms with E-state index in [4.69, 9.17) is 0 Å². The number of hydrogen-bond acceptors (Lipinski definition) is 3. The first-order valence-electron chi connectivity index (χ1n) is 6.32. The molecule has 0 aromatic carbocycles. The van der Waals surface area contributed by atoms with Gasteiger partial charge in [-0.05, 0) is 46.1 Å². The lowest BCUT2D eigenvalue weighted by Gasteiger charge is -2.05. The molecule has 0 rings (SSSR count). The summed E-state index contributed by atoms with van der Waals surface area (Å²) in [6, 6.07) is 0. The van der Waals surface area contributed by atoms with Crippen molar-refractivity contribution < 1.29 is 0 Å². The molecule has 17 heavy (non-hydrogen) atoms. The van der Waals surface area contributed by atoms with Gasteiger partial charge in [0.25, 0.3) is 0 Å². The molecule has 0 saturated heterocycles. The van der Waals surface area contributed by atoms with E-state index in [2.05, 4.69) is 29.0 Å². The average molecular weight is 235 g/mol. The maximum atomic E-state index is 4.49. The minimum Gasteiger partial charge on any atom is -0.288 e. The first-order valence-corrected chi connectivity index (χ1v) is 6.32. The molecular weight excluding hydrogens is 210 g/mol. The molecule has 0 spiro atoms. The van der Waals surface area contributed by atoms with E-state index in [0.29, 0.717) is 0 Å². The Morgan fingerprint density at radius 3 is 2.18 bits per heavy atom. The molecule has 0 fully saturated rings. The molecule has 0 aliphatic heterocycles. The minimum absolute atomic E-state index is 0.846. The van der Waals surface area contributed by atoms with Gasteiger partial charge in [-0.3, -0.25) is 4.99 Å². The van der Waals surface area contributed by atoms with Gasteiger partial charge in [-0.1, -0.05) is 19.9 Å². The highest BCUT2D eigenvalue weighted by Crippen LogP contribution is 2.02. The monoisotopic (exact) mass is 235 g/mol. The van der Waals surface area contributed by atoms with E-state index in [1.165, 1.54) is 0 Å². The van der Waals surface area contributed by atoms with Crippen molar-refractivity contribution in [1.29, 1.82) is 0 Å². The molecule has 96 valence electrons. The third kappa shape index (κ3) is 6.15. The summed E-state index contributed by atoms with van der Waals surface area (Å²) in [5, 5.41) is 8.55. The Hall–Kier alpha value is -1.25. The Labute approximate surface area is 105 Å². The molecule has 0 aromatic heterocycles. The van der Waals surface area contributed by atoms with E-state index in [1.807, 2.05) is 33.8 Å². The van der Waals surface area contributed by atoms with Crippen LogP contribution in [0.25, 0.3) is 0 Å². The van der Waals surface area contributed by atoms with Gasteiger partial charge < -0.3 is 0 Å². The zero-order chi connectivity index (χ0) is 13.3. The number of nitrogens with zero attached hydrogens (tertiary/aromatic N) is 3. The van der Waals surface area contributed by atoms with Crippen LogP contribution in [0.1, 0.15) is 54.4 Å². The van der Waals surface area contributed by atoms with Crippen LogP contribution in [0.5, 0.6) is 0 Å². The van der Waals surface area contributed by atoms with Gasteiger partial charge in [-0.15, -0.1) is 5.10 Å². The van der Waals surface area contributed by atoms with Crippen molar-refractivity contribution in [3.05, 3.63) is 11.6 Å². The van der Waals surface area contributed by atoms with Crippen LogP contribution in [0.2, 0.25) is 0 Å². The molecule has 0 radical (unpaired) electrons. The van der Waals surface area contributed by atoms with E-state index >= 15 is 0 Å². The Kier molecular flexibility index (Phi) is 8.20. The summed E-state index contributed by atoms with van der Waals surface area (Å²) >= 11 is 0. The fourth-order valence-corrected chi connectivity index (χ4v) is 1.13. The Bertz CT molecular complexity index is 346. The summed E-state index contributed by atoms with van der Waals surface area (Å²) in [5.74, 6) is 0. The van der Waals surface area contributed by atoms with E-state index in [1.54, 1.807) is 0 Å². The predicted molar refractivity (Wildman–Crippen MR) is 78.5 cm³/mol. The first kappa shape index (κ1) is 15.8. The van der Waals surface area contributed by atoms with Crippen LogP contribution >= 0.6 is 0 Å². The molecular formula is C14H25N3. The molecule has 0 aliphatic rings. The second kappa shape index (κ2) is 8.85. The van der Waals surface area contributed by atoms with Crippen LogP contribution in [-0.4, -0.2) is 23.7 Å². The van der Waals surface area contributed by atoms with Gasteiger partial charge in [0.15, 0.2) is 0 Å². The van der Waals surface area contributed by atoms with Crippen molar-refractivity contribution in [2.45, 2.75) is 54.4 Å². The first-order chi connectivity index (χ1) is 8.06. The number of hydrogen-bond donors (Lipinski definition) is 0. The summed E-state index contributed by atoms with van der Waals surface area (Å²) in [5.41, 5.74) is 4.02. The number of allylic oxidation sites excluding steroid dienone is 2. The molecule has 0 aromatic rings. The SMILES string of the molecule is C/C=C(C)/C(=N\N=C(\C)CC)C(C)=NCCC. The highest BCUT2D eigenvalue weighted by molar-refractivity contribution is 6.47. The largest absolute Gasteiger partial charge is 0.288 e. The molecule has 3 nitrogen and oxygen atoms in total. The van der Waals surface area contributed by atoms with Gasteiger partial charge >= 0.3 is 0 Å². The van der Waals surface area contributed by atoms with Crippen molar-refractivity contribution in [2.75, 3.05) is 6.54 Å². The Morgan fingerprint density at radius 1 is 1.06 bits per heavy atom. The smallest absolute Gasteiger partial charge is 0.109 e. The quantitative estimate of drug-likeness (QED) is 0.492. The predicted octanol–water partition coefficient (Wildman–Crippen LogP) is 4.05. The lowest BCUT2D eigenvalue weighted by molar-refractivity contribution is 0.933. The van der Waals surface area contributed by atoms with Crippen molar-refractivity contribution >= 4 is 17.1 Å². The van der Waals surface area contributed by atoms with Crippen molar-refractivity contribution in [1.82, 2.24) is 0 Å². The van der Waals surface area contributed by atoms with Crippen molar-refractivity contribution in [2.24, 2.45) is 15.2 Å². The van der Waals surface area contributed by atoms with E-state index in [0.717, 1.165) is 42.1 Å². The maximum absolute atomic E-state index is 4.49. The molecule has 0 atom stereocenters. The molecule has 0 amide bonds. The highest BCUT2D eigenvalue weighted by atomic mass is 15.2. The Morgan fingerprint density at radius 2 is 1.71 bits per heavy atom. The van der Waals surface area contributed by atoms with Gasteiger partial charge in [0, 0.05) is 12.3 Å². The third-order valence-electron chi connectivity index (χ3n) is 2.55. The second-order valence-electron chi connectivity index (χ2n) is 4.08. The van der Waals surface area contributed by atoms with Gasteiger partial charge in [-0.25, -0.2) is 0 Å². The zero-order valence-corrected chi connectivity index (χ0v) is 12.0. The van der Waals surface area contributed by atoms with E-state index in [9.17, 15) is 0 Å². The lowest BCUT2D eigenvalue weighted by atomic mass is 10.1. The summed E-state index contributed by atoms with van der Waals surface area (Å²) in [7, 11) is 0. The average Bonchev–Trinajstić information content (AvgIpc) is 2.35. The normalized spacial score (nSPS) is 15.4. The summed E-state index contributed by atoms with van der Waals surface area (Å²) in [6.45, 7) is 13.1. The van der Waals surface area contributed by atoms with Gasteiger partial charge in [-0.2, -0.15) is 5.10 Å². The third-order valence-corrected chi connectivity index (χ3v) is 2.55. The fraction of sp³-hybridized carbons (Fsp3) is 0.643. The molecule has 0 heterocycles. The minimum atomic E-state index is 0.846. The van der Waals surface area contributed by atoms with Gasteiger partial charge in [0.2, 0.25) is 0 Å². The molecule has 0 aliphatic carbocycles.